The summed E-state index contributed by atoms with van der Waals surface area (Å²) in [4.78, 5) is 28.3. The van der Waals surface area contributed by atoms with E-state index in [1.165, 1.54) is 44.9 Å². The molecule has 0 saturated carbocycles. The van der Waals surface area contributed by atoms with E-state index in [4.69, 9.17) is 14.5 Å². The molecule has 2 rings (SSSR count). The molecule has 3 N–H and O–H groups in total. The first-order chi connectivity index (χ1) is 19.2. The lowest BCUT2D eigenvalue weighted by Gasteiger charge is -2.42. The van der Waals surface area contributed by atoms with Crippen molar-refractivity contribution in [1.29, 1.82) is 0 Å². The normalized spacial score (nSPS) is 17.5. The SMILES string of the molecule is CNN/C(=C(\C(C)=NC(C)C)[C@H](OC(C)(C)C)C(=O)OC)N1CCC(C)(CCCCCCc2nc(C)c(C)[nH]2)CC1. The highest BCUT2D eigenvalue weighted by atomic mass is 16.6. The number of aromatic nitrogens is 2. The van der Waals surface area contributed by atoms with E-state index in [1.807, 2.05) is 48.6 Å². The molecule has 0 spiro atoms. The minimum atomic E-state index is -0.902. The van der Waals surface area contributed by atoms with Gasteiger partial charge in [-0.15, -0.1) is 0 Å². The molecule has 234 valence electrons. The van der Waals surface area contributed by atoms with Crippen molar-refractivity contribution in [3.8, 4) is 0 Å². The summed E-state index contributed by atoms with van der Waals surface area (Å²) in [6.07, 6.45) is 8.45. The van der Waals surface area contributed by atoms with Crippen LogP contribution in [-0.2, 0) is 20.7 Å². The number of carbonyl (C=O) groups excluding carboxylic acids is 1. The number of methoxy groups -OCH3 is 1. The predicted octanol–water partition coefficient (Wildman–Crippen LogP) is 5.78. The Morgan fingerprint density at radius 3 is 2.29 bits per heavy atom. The van der Waals surface area contributed by atoms with Gasteiger partial charge in [-0.1, -0.05) is 26.2 Å². The Kier molecular flexibility index (Phi) is 13.4. The van der Waals surface area contributed by atoms with Crippen LogP contribution in [0, 0.1) is 19.3 Å². The van der Waals surface area contributed by atoms with Gasteiger partial charge in [0.05, 0.1) is 24.0 Å². The summed E-state index contributed by atoms with van der Waals surface area (Å²) >= 11 is 0. The molecule has 0 bridgehead atoms. The number of H-pyrrole nitrogens is 1. The van der Waals surface area contributed by atoms with Crippen LogP contribution in [0.1, 0.15) is 111 Å². The number of carbonyl (C=O) groups is 1. The van der Waals surface area contributed by atoms with Crippen LogP contribution in [-0.4, -0.2) is 71.5 Å². The number of likely N-dealkylation sites (tertiary alicyclic amines) is 1. The van der Waals surface area contributed by atoms with E-state index < -0.39 is 17.7 Å². The largest absolute Gasteiger partial charge is 0.467 e. The van der Waals surface area contributed by atoms with Crippen molar-refractivity contribution >= 4 is 11.7 Å². The molecule has 0 aliphatic carbocycles. The molecule has 9 heteroatoms. The van der Waals surface area contributed by atoms with Crippen molar-refractivity contribution in [1.82, 2.24) is 25.7 Å². The van der Waals surface area contributed by atoms with E-state index in [0.717, 1.165) is 61.0 Å². The van der Waals surface area contributed by atoms with Crippen molar-refractivity contribution in [3.05, 3.63) is 28.6 Å². The van der Waals surface area contributed by atoms with Gasteiger partial charge in [-0.05, 0) is 86.5 Å². The molecule has 1 aliphatic heterocycles. The van der Waals surface area contributed by atoms with E-state index >= 15 is 0 Å². The van der Waals surface area contributed by atoms with Gasteiger partial charge in [-0.25, -0.2) is 15.2 Å². The van der Waals surface area contributed by atoms with Crippen molar-refractivity contribution in [2.24, 2.45) is 10.4 Å². The smallest absolute Gasteiger partial charge is 0.339 e. The maximum Gasteiger partial charge on any atom is 0.339 e. The zero-order valence-corrected chi connectivity index (χ0v) is 27.8. The lowest BCUT2D eigenvalue weighted by molar-refractivity contribution is -0.159. The summed E-state index contributed by atoms with van der Waals surface area (Å²) in [6, 6.07) is 0.0748. The Bertz CT molecular complexity index is 1010. The number of imidazole rings is 1. The van der Waals surface area contributed by atoms with Gasteiger partial charge in [-0.2, -0.15) is 0 Å². The lowest BCUT2D eigenvalue weighted by Crippen LogP contribution is -2.48. The van der Waals surface area contributed by atoms with Crippen LogP contribution < -0.4 is 10.9 Å². The van der Waals surface area contributed by atoms with Gasteiger partial charge >= 0.3 is 5.97 Å². The van der Waals surface area contributed by atoms with E-state index in [1.54, 1.807) is 0 Å². The van der Waals surface area contributed by atoms with E-state index in [9.17, 15) is 4.79 Å². The van der Waals surface area contributed by atoms with Crippen LogP contribution in [0.3, 0.4) is 0 Å². The number of hydrazine groups is 1. The standard InChI is InChI=1S/C32H58N6O3/c1-22(2)34-25(5)27(28(30(39)40-11)41-31(6,7)8)29(37-33-10)38-20-18-32(9,19-21-38)17-15-13-12-14-16-26-35-23(3)24(4)36-26/h22,28,33,37H,12-21H2,1-11H3,(H,35,36)/b29-27-,34-25?/t28-/m0/s1. The number of nitrogens with one attached hydrogen (secondary N) is 3. The average Bonchev–Trinajstić information content (AvgIpc) is 3.20. The molecule has 41 heavy (non-hydrogen) atoms. The number of aryl methyl sites for hydroxylation is 3. The summed E-state index contributed by atoms with van der Waals surface area (Å²) in [5.41, 5.74) is 9.98. The van der Waals surface area contributed by atoms with Crippen molar-refractivity contribution in [2.45, 2.75) is 131 Å². The molecule has 0 unspecified atom stereocenters. The third-order valence-corrected chi connectivity index (χ3v) is 7.90. The first-order valence-electron chi connectivity index (χ1n) is 15.4. The third kappa shape index (κ3) is 11.1. The first kappa shape index (κ1) is 34.8. The van der Waals surface area contributed by atoms with Crippen LogP contribution in [0.2, 0.25) is 0 Å². The predicted molar refractivity (Wildman–Crippen MR) is 168 cm³/mol. The van der Waals surface area contributed by atoms with Crippen LogP contribution in [0.4, 0.5) is 0 Å². The zero-order valence-electron chi connectivity index (χ0n) is 27.8. The molecular weight excluding hydrogens is 516 g/mol. The number of piperidine rings is 1. The van der Waals surface area contributed by atoms with Gasteiger partial charge in [0.15, 0.2) is 6.10 Å². The van der Waals surface area contributed by atoms with E-state index in [-0.39, 0.29) is 6.04 Å². The molecule has 1 saturated heterocycles. The number of aliphatic imine (C=N–C) groups is 1. The number of ether oxygens (including phenoxy) is 2. The molecule has 0 radical (unpaired) electrons. The first-order valence-corrected chi connectivity index (χ1v) is 15.4. The molecule has 0 amide bonds. The number of hydrogen-bond acceptors (Lipinski definition) is 8. The number of hydrogen-bond donors (Lipinski definition) is 3. The monoisotopic (exact) mass is 574 g/mol. The van der Waals surface area contributed by atoms with Crippen molar-refractivity contribution in [3.63, 3.8) is 0 Å². The lowest BCUT2D eigenvalue weighted by atomic mass is 9.76. The summed E-state index contributed by atoms with van der Waals surface area (Å²) in [5, 5.41) is 0. The molecule has 0 aromatic carbocycles. The fourth-order valence-electron chi connectivity index (χ4n) is 5.52. The fraction of sp³-hybridized carbons (Fsp3) is 0.781. The number of unbranched alkanes of at least 4 members (excludes halogenated alkanes) is 3. The Balaban J connectivity index is 2.12. The maximum absolute atomic E-state index is 13.1. The molecule has 2 heterocycles. The Morgan fingerprint density at radius 1 is 1.15 bits per heavy atom. The van der Waals surface area contributed by atoms with Gasteiger partial charge in [0.2, 0.25) is 0 Å². The van der Waals surface area contributed by atoms with Gasteiger partial charge in [-0.3, -0.25) is 4.99 Å². The molecule has 9 nitrogen and oxygen atoms in total. The number of esters is 1. The minimum absolute atomic E-state index is 0.0748. The van der Waals surface area contributed by atoms with E-state index in [0.29, 0.717) is 5.41 Å². The second kappa shape index (κ2) is 15.7. The summed E-state index contributed by atoms with van der Waals surface area (Å²) in [5.74, 6) is 1.52. The minimum Gasteiger partial charge on any atom is -0.467 e. The van der Waals surface area contributed by atoms with Crippen LogP contribution >= 0.6 is 0 Å². The average molecular weight is 575 g/mol. The Labute approximate surface area is 249 Å². The summed E-state index contributed by atoms with van der Waals surface area (Å²) in [7, 11) is 3.25. The van der Waals surface area contributed by atoms with Gasteiger partial charge in [0.1, 0.15) is 11.6 Å². The highest BCUT2D eigenvalue weighted by molar-refractivity contribution is 6.04. The number of nitrogens with zero attached hydrogens (tertiary/aromatic N) is 3. The summed E-state index contributed by atoms with van der Waals surface area (Å²) < 4.78 is 11.5. The van der Waals surface area contributed by atoms with Gasteiger partial charge < -0.3 is 24.8 Å². The van der Waals surface area contributed by atoms with Gasteiger partial charge in [0.25, 0.3) is 0 Å². The van der Waals surface area contributed by atoms with Gasteiger partial charge in [0, 0.05) is 44.0 Å². The number of rotatable bonds is 15. The Hall–Kier alpha value is -2.39. The highest BCUT2D eigenvalue weighted by Crippen LogP contribution is 2.37. The second-order valence-corrected chi connectivity index (χ2v) is 13.2. The van der Waals surface area contributed by atoms with E-state index in [2.05, 4.69) is 46.5 Å². The molecule has 1 fully saturated rings. The quantitative estimate of drug-likeness (QED) is 0.106. The fourth-order valence-corrected chi connectivity index (χ4v) is 5.52. The zero-order chi connectivity index (χ0) is 30.8. The molecule has 1 aromatic heterocycles. The molecule has 1 aliphatic rings. The Morgan fingerprint density at radius 2 is 1.78 bits per heavy atom. The molecule has 1 aromatic rings. The highest BCUT2D eigenvalue weighted by Gasteiger charge is 2.37. The van der Waals surface area contributed by atoms with Crippen LogP contribution in [0.5, 0.6) is 0 Å². The maximum atomic E-state index is 13.1. The van der Waals surface area contributed by atoms with Crippen molar-refractivity contribution in [2.75, 3.05) is 27.2 Å². The topological polar surface area (TPSA) is 104 Å². The third-order valence-electron chi connectivity index (χ3n) is 7.90. The number of aromatic amines is 1. The molecular formula is C32H58N6O3. The van der Waals surface area contributed by atoms with Crippen molar-refractivity contribution < 1.29 is 14.3 Å². The van der Waals surface area contributed by atoms with Crippen LogP contribution in [0.15, 0.2) is 16.4 Å². The van der Waals surface area contributed by atoms with Crippen LogP contribution in [0.25, 0.3) is 0 Å². The summed E-state index contributed by atoms with van der Waals surface area (Å²) in [6.45, 7) is 20.2. The molecule has 1 atom stereocenters. The second-order valence-electron chi connectivity index (χ2n) is 13.2.